The van der Waals surface area contributed by atoms with E-state index in [4.69, 9.17) is 16.7 Å². The van der Waals surface area contributed by atoms with Crippen LogP contribution in [0, 0.1) is 0 Å². The highest BCUT2D eigenvalue weighted by Gasteiger charge is 2.19. The molecule has 1 aliphatic rings. The maximum atomic E-state index is 12.0. The summed E-state index contributed by atoms with van der Waals surface area (Å²) in [7, 11) is -3.26. The Morgan fingerprint density at radius 1 is 1.03 bits per heavy atom. The molecular weight excluding hydrogens is 494 g/mol. The third-order valence-corrected chi connectivity index (χ3v) is 9.06. The van der Waals surface area contributed by atoms with E-state index in [1.165, 1.54) is 6.26 Å². The van der Waals surface area contributed by atoms with Crippen LogP contribution in [0.4, 0.5) is 0 Å². The highest BCUT2D eigenvalue weighted by Crippen LogP contribution is 2.37. The van der Waals surface area contributed by atoms with Crippen LogP contribution in [0.5, 0.6) is 0 Å². The predicted octanol–water partition coefficient (Wildman–Crippen LogP) is 5.83. The molecule has 0 N–H and O–H groups in total. The van der Waals surface area contributed by atoms with E-state index < -0.39 is 9.84 Å². The number of thioether (sulfide) groups is 1. The average Bonchev–Trinajstić information content (AvgIpc) is 3.55. The summed E-state index contributed by atoms with van der Waals surface area (Å²) in [6.07, 6.45) is 1.23. The summed E-state index contributed by atoms with van der Waals surface area (Å²) in [5.41, 5.74) is 3.69. The lowest BCUT2D eigenvalue weighted by Gasteiger charge is -2.11. The molecule has 1 aliphatic heterocycles. The molecule has 1 saturated heterocycles. The summed E-state index contributed by atoms with van der Waals surface area (Å²) in [5, 5.41) is 5.56. The smallest absolute Gasteiger partial charge is 0.175 e. The van der Waals surface area contributed by atoms with E-state index in [2.05, 4.69) is 17.0 Å². The van der Waals surface area contributed by atoms with Crippen LogP contribution in [0.2, 0.25) is 5.02 Å². The Hall–Kier alpha value is -2.10. The summed E-state index contributed by atoms with van der Waals surface area (Å²) < 4.78 is 25.9. The molecule has 4 aromatic rings. The highest BCUT2D eigenvalue weighted by atomic mass is 35.5. The van der Waals surface area contributed by atoms with Gasteiger partial charge in [0.15, 0.2) is 9.84 Å². The first kappa shape index (κ1) is 22.7. The summed E-state index contributed by atoms with van der Waals surface area (Å²) in [4.78, 5) is 4.76. The molecule has 0 spiro atoms. The summed E-state index contributed by atoms with van der Waals surface area (Å²) in [6, 6.07) is 21.0. The molecule has 2 aromatic carbocycles. The zero-order chi connectivity index (χ0) is 23.0. The number of benzene rings is 2. The minimum absolute atomic E-state index is 0.321. The van der Waals surface area contributed by atoms with Crippen LogP contribution in [0.25, 0.3) is 26.7 Å². The molecule has 3 heterocycles. The van der Waals surface area contributed by atoms with E-state index in [1.54, 1.807) is 29.5 Å². The predicted molar refractivity (Wildman–Crippen MR) is 138 cm³/mol. The largest absolute Gasteiger partial charge is 0.287 e. The lowest BCUT2D eigenvalue weighted by Crippen LogP contribution is -2.19. The first-order valence-corrected chi connectivity index (χ1v) is 14.7. The molecule has 170 valence electrons. The lowest BCUT2D eigenvalue weighted by atomic mass is 10.2. The monoisotopic (exact) mass is 515 g/mol. The second-order valence-electron chi connectivity index (χ2n) is 7.94. The van der Waals surface area contributed by atoms with Gasteiger partial charge < -0.3 is 0 Å². The van der Waals surface area contributed by atoms with E-state index >= 15 is 0 Å². The van der Waals surface area contributed by atoms with E-state index in [1.807, 2.05) is 52.8 Å². The number of hydrogen-bond acceptors (Lipinski definition) is 6. The van der Waals surface area contributed by atoms with Gasteiger partial charge >= 0.3 is 0 Å². The van der Waals surface area contributed by atoms with Crippen LogP contribution in [0.15, 0.2) is 71.6 Å². The van der Waals surface area contributed by atoms with Gasteiger partial charge in [0.2, 0.25) is 0 Å². The fraction of sp³-hybridized carbons (Fsp3) is 0.208. The van der Waals surface area contributed by atoms with Gasteiger partial charge in [-0.3, -0.25) is 4.90 Å². The molecule has 33 heavy (non-hydrogen) atoms. The maximum Gasteiger partial charge on any atom is 0.175 e. The highest BCUT2D eigenvalue weighted by molar-refractivity contribution is 7.99. The number of aromatic nitrogens is 2. The Morgan fingerprint density at radius 3 is 2.61 bits per heavy atom. The number of hydrogen-bond donors (Lipinski definition) is 0. The SMILES string of the molecule is CS(=O)(=O)c1cccc(-c2ccc(-c3cc(CN4CCSC4)nn3-c3ccccc3Cl)s2)c1. The van der Waals surface area contributed by atoms with Crippen LogP contribution in [-0.4, -0.2) is 47.5 Å². The van der Waals surface area contributed by atoms with Gasteiger partial charge in [0.25, 0.3) is 0 Å². The Balaban J connectivity index is 1.56. The van der Waals surface area contributed by atoms with E-state index in [0.717, 1.165) is 57.1 Å². The molecule has 0 atom stereocenters. The van der Waals surface area contributed by atoms with Gasteiger partial charge in [0.05, 0.1) is 31.9 Å². The van der Waals surface area contributed by atoms with Crippen molar-refractivity contribution in [1.29, 1.82) is 0 Å². The van der Waals surface area contributed by atoms with Gasteiger partial charge in [-0.05, 0) is 48.0 Å². The zero-order valence-corrected chi connectivity index (χ0v) is 21.1. The Morgan fingerprint density at radius 2 is 1.85 bits per heavy atom. The molecule has 9 heteroatoms. The number of nitrogens with zero attached hydrogens (tertiary/aromatic N) is 3. The van der Waals surface area contributed by atoms with Crippen molar-refractivity contribution in [3.8, 4) is 26.7 Å². The fourth-order valence-corrected chi connectivity index (χ4v) is 6.69. The number of rotatable bonds is 6. The first-order chi connectivity index (χ1) is 15.9. The minimum Gasteiger partial charge on any atom is -0.287 e. The lowest BCUT2D eigenvalue weighted by molar-refractivity contribution is 0.343. The van der Waals surface area contributed by atoms with Gasteiger partial charge in [-0.1, -0.05) is 35.9 Å². The van der Waals surface area contributed by atoms with Crippen LogP contribution < -0.4 is 0 Å². The molecular formula is C24H22ClN3O2S3. The molecule has 1 fully saturated rings. The molecule has 0 radical (unpaired) electrons. The molecule has 0 bridgehead atoms. The second kappa shape index (κ2) is 9.27. The van der Waals surface area contributed by atoms with Gasteiger partial charge in [0, 0.05) is 35.9 Å². The zero-order valence-electron chi connectivity index (χ0n) is 17.9. The van der Waals surface area contributed by atoms with Gasteiger partial charge in [-0.2, -0.15) is 5.10 Å². The van der Waals surface area contributed by atoms with Crippen LogP contribution in [-0.2, 0) is 16.4 Å². The Bertz CT molecular complexity index is 1410. The summed E-state index contributed by atoms with van der Waals surface area (Å²) in [6.45, 7) is 1.87. The number of para-hydroxylation sites is 1. The third kappa shape index (κ3) is 4.90. The number of sulfone groups is 1. The van der Waals surface area contributed by atoms with Crippen molar-refractivity contribution < 1.29 is 8.42 Å². The van der Waals surface area contributed by atoms with Crippen LogP contribution in [0.1, 0.15) is 5.69 Å². The molecule has 0 saturated carbocycles. The third-order valence-electron chi connectivity index (χ3n) is 5.46. The van der Waals surface area contributed by atoms with Crippen LogP contribution in [0.3, 0.4) is 0 Å². The van der Waals surface area contributed by atoms with Crippen LogP contribution >= 0.6 is 34.7 Å². The standard InChI is InChI=1S/C24H22ClN3O2S3/c1-33(29,30)19-6-4-5-17(13-19)23-9-10-24(32-23)22-14-18(15-27-11-12-31-16-27)26-28(22)21-8-3-2-7-20(21)25/h2-10,13-14H,11-12,15-16H2,1H3. The Kier molecular flexibility index (Phi) is 6.37. The van der Waals surface area contributed by atoms with Gasteiger partial charge in [-0.25, -0.2) is 13.1 Å². The quantitative estimate of drug-likeness (QED) is 0.323. The minimum atomic E-state index is -3.26. The summed E-state index contributed by atoms with van der Waals surface area (Å²) in [5.74, 6) is 2.17. The van der Waals surface area contributed by atoms with E-state index in [9.17, 15) is 8.42 Å². The average molecular weight is 516 g/mol. The van der Waals surface area contributed by atoms with Crippen molar-refractivity contribution in [2.45, 2.75) is 11.4 Å². The van der Waals surface area contributed by atoms with Crippen molar-refractivity contribution in [2.75, 3.05) is 24.4 Å². The fourth-order valence-electron chi connectivity index (χ4n) is 3.81. The topological polar surface area (TPSA) is 55.2 Å². The Labute approximate surface area is 206 Å². The van der Waals surface area contributed by atoms with Crippen molar-refractivity contribution in [3.05, 3.63) is 77.4 Å². The molecule has 5 rings (SSSR count). The molecule has 0 amide bonds. The first-order valence-electron chi connectivity index (χ1n) is 10.4. The molecule has 5 nitrogen and oxygen atoms in total. The van der Waals surface area contributed by atoms with E-state index in [-0.39, 0.29) is 0 Å². The summed E-state index contributed by atoms with van der Waals surface area (Å²) >= 11 is 10.1. The van der Waals surface area contributed by atoms with Gasteiger partial charge in [-0.15, -0.1) is 23.1 Å². The van der Waals surface area contributed by atoms with Crippen molar-refractivity contribution >= 4 is 44.5 Å². The van der Waals surface area contributed by atoms with Crippen molar-refractivity contribution in [3.63, 3.8) is 0 Å². The number of halogens is 1. The normalized spacial score (nSPS) is 14.7. The molecule has 2 aromatic heterocycles. The molecule has 0 unspecified atom stereocenters. The second-order valence-corrected chi connectivity index (χ2v) is 12.5. The van der Waals surface area contributed by atoms with Crippen molar-refractivity contribution in [1.82, 2.24) is 14.7 Å². The maximum absolute atomic E-state index is 12.0. The molecule has 0 aliphatic carbocycles. The van der Waals surface area contributed by atoms with Crippen molar-refractivity contribution in [2.24, 2.45) is 0 Å². The van der Waals surface area contributed by atoms with Gasteiger partial charge in [0.1, 0.15) is 0 Å². The number of thiophene rings is 1. The van der Waals surface area contributed by atoms with E-state index in [0.29, 0.717) is 9.92 Å².